The quantitative estimate of drug-likeness (QED) is 0.241. The van der Waals surface area contributed by atoms with Crippen LogP contribution in [0.4, 0.5) is 0 Å². The van der Waals surface area contributed by atoms with Gasteiger partial charge in [0.1, 0.15) is 0 Å². The molecule has 0 aliphatic carbocycles. The fourth-order valence-electron chi connectivity index (χ4n) is 2.78. The summed E-state index contributed by atoms with van der Waals surface area (Å²) in [6, 6.07) is 0. The van der Waals surface area contributed by atoms with Crippen LogP contribution in [0.25, 0.3) is 0 Å². The van der Waals surface area contributed by atoms with Crippen LogP contribution in [0.5, 0.6) is 0 Å². The van der Waals surface area contributed by atoms with Crippen molar-refractivity contribution in [3.05, 3.63) is 0 Å². The van der Waals surface area contributed by atoms with Gasteiger partial charge < -0.3 is 4.89 Å². The van der Waals surface area contributed by atoms with E-state index in [1.807, 2.05) is 0 Å². The van der Waals surface area contributed by atoms with Gasteiger partial charge in [0.25, 0.3) is 0 Å². The van der Waals surface area contributed by atoms with E-state index in [9.17, 15) is 9.46 Å². The molecule has 0 amide bonds. The van der Waals surface area contributed by atoms with E-state index in [0.29, 0.717) is 12.5 Å². The number of phosphoric acid groups is 1. The lowest BCUT2D eigenvalue weighted by Gasteiger charge is -2.19. The molecule has 0 heterocycles. The summed E-state index contributed by atoms with van der Waals surface area (Å²) in [5.41, 5.74) is 0. The van der Waals surface area contributed by atoms with Crippen molar-refractivity contribution in [3.63, 3.8) is 0 Å². The molecular weight excluding hydrogens is 311 g/mol. The molecule has 5 heteroatoms. The highest BCUT2D eigenvalue weighted by Crippen LogP contribution is 2.43. The Morgan fingerprint density at radius 2 is 1.26 bits per heavy atom. The molecular formula is C18H39O4P. The molecule has 0 saturated carbocycles. The Balaban J connectivity index is 4.04. The maximum absolute atomic E-state index is 11.7. The molecule has 0 aliphatic rings. The van der Waals surface area contributed by atoms with Crippen LogP contribution >= 0.6 is 7.82 Å². The average Bonchev–Trinajstić information content (AvgIpc) is 2.51. The van der Waals surface area contributed by atoms with E-state index >= 15 is 0 Å². The molecule has 0 aromatic rings. The zero-order valence-electron chi connectivity index (χ0n) is 15.6. The van der Waals surface area contributed by atoms with Gasteiger partial charge in [0.15, 0.2) is 0 Å². The lowest BCUT2D eigenvalue weighted by molar-refractivity contribution is 0.129. The summed E-state index contributed by atoms with van der Waals surface area (Å²) in [6.45, 7) is 6.68. The zero-order chi connectivity index (χ0) is 17.4. The smallest absolute Gasteiger partial charge is 0.302 e. The Hall–Kier alpha value is 0.110. The Morgan fingerprint density at radius 3 is 1.78 bits per heavy atom. The molecule has 0 aliphatic heterocycles. The first-order valence-corrected chi connectivity index (χ1v) is 11.2. The standard InChI is InChI=1S/C18H39O4P/c1-4-7-9-11-12-14-16-18(15-13-10-8-5-2)17-22-23(19,20)21-6-3/h18H,4-17H2,1-3H3,(H,19,20). The number of phosphoric ester groups is 1. The molecule has 0 radical (unpaired) electrons. The van der Waals surface area contributed by atoms with Crippen molar-refractivity contribution in [1.82, 2.24) is 0 Å². The summed E-state index contributed by atoms with van der Waals surface area (Å²) in [5.74, 6) is 0.374. The third kappa shape index (κ3) is 15.4. The molecule has 2 atom stereocenters. The Labute approximate surface area is 144 Å². The first-order chi connectivity index (χ1) is 11.1. The van der Waals surface area contributed by atoms with Crippen LogP contribution in [0.3, 0.4) is 0 Å². The Bertz CT molecular complexity index is 297. The minimum atomic E-state index is -3.85. The van der Waals surface area contributed by atoms with Gasteiger partial charge in [0.05, 0.1) is 13.2 Å². The second kappa shape index (κ2) is 15.6. The number of unbranched alkanes of at least 4 members (excludes halogenated alkanes) is 8. The molecule has 0 rings (SSSR count). The lowest BCUT2D eigenvalue weighted by Crippen LogP contribution is -2.10. The van der Waals surface area contributed by atoms with E-state index in [-0.39, 0.29) is 6.61 Å². The summed E-state index contributed by atoms with van der Waals surface area (Å²) in [7, 11) is -3.85. The van der Waals surface area contributed by atoms with Gasteiger partial charge >= 0.3 is 7.82 Å². The maximum atomic E-state index is 11.7. The van der Waals surface area contributed by atoms with Gasteiger partial charge in [0, 0.05) is 0 Å². The maximum Gasteiger partial charge on any atom is 0.472 e. The number of hydrogen-bond acceptors (Lipinski definition) is 3. The zero-order valence-corrected chi connectivity index (χ0v) is 16.5. The highest BCUT2D eigenvalue weighted by atomic mass is 31.2. The second-order valence-electron chi connectivity index (χ2n) is 6.45. The summed E-state index contributed by atoms with van der Waals surface area (Å²) < 4.78 is 21.6. The molecule has 0 spiro atoms. The van der Waals surface area contributed by atoms with Gasteiger partial charge in [-0.3, -0.25) is 9.05 Å². The van der Waals surface area contributed by atoms with Crippen molar-refractivity contribution < 1.29 is 18.5 Å². The van der Waals surface area contributed by atoms with Crippen LogP contribution in [0, 0.1) is 5.92 Å². The minimum Gasteiger partial charge on any atom is -0.302 e. The van der Waals surface area contributed by atoms with Crippen LogP contribution in [0.15, 0.2) is 0 Å². The van der Waals surface area contributed by atoms with E-state index in [2.05, 4.69) is 13.8 Å². The third-order valence-corrected chi connectivity index (χ3v) is 5.26. The number of rotatable bonds is 17. The predicted molar refractivity (Wildman–Crippen MR) is 97.6 cm³/mol. The van der Waals surface area contributed by atoms with Crippen LogP contribution in [0.2, 0.25) is 0 Å². The largest absolute Gasteiger partial charge is 0.472 e. The van der Waals surface area contributed by atoms with Crippen molar-refractivity contribution in [2.45, 2.75) is 97.8 Å². The van der Waals surface area contributed by atoms with E-state index < -0.39 is 7.82 Å². The average molecular weight is 350 g/mol. The predicted octanol–water partition coefficient (Wildman–Crippen LogP) is 6.48. The molecule has 0 fully saturated rings. The number of hydrogen-bond donors (Lipinski definition) is 1. The minimum absolute atomic E-state index is 0.201. The van der Waals surface area contributed by atoms with Crippen molar-refractivity contribution in [3.8, 4) is 0 Å². The molecule has 140 valence electrons. The molecule has 0 aromatic heterocycles. The summed E-state index contributed by atoms with van der Waals surface area (Å²) >= 11 is 0. The first-order valence-electron chi connectivity index (χ1n) is 9.67. The highest BCUT2D eigenvalue weighted by Gasteiger charge is 2.22. The Morgan fingerprint density at radius 1 is 0.783 bits per heavy atom. The lowest BCUT2D eigenvalue weighted by atomic mass is 9.95. The van der Waals surface area contributed by atoms with Gasteiger partial charge in [-0.1, -0.05) is 78.1 Å². The van der Waals surface area contributed by atoms with Crippen molar-refractivity contribution in [2.24, 2.45) is 5.92 Å². The van der Waals surface area contributed by atoms with E-state index in [1.165, 1.54) is 64.2 Å². The summed E-state index contributed by atoms with van der Waals surface area (Å²) in [4.78, 5) is 9.55. The van der Waals surface area contributed by atoms with Gasteiger partial charge in [-0.05, 0) is 25.7 Å². The molecule has 0 saturated heterocycles. The molecule has 4 nitrogen and oxygen atoms in total. The van der Waals surface area contributed by atoms with E-state index in [4.69, 9.17) is 9.05 Å². The van der Waals surface area contributed by atoms with Gasteiger partial charge in [-0.15, -0.1) is 0 Å². The van der Waals surface area contributed by atoms with Gasteiger partial charge in [-0.2, -0.15) is 0 Å². The van der Waals surface area contributed by atoms with Gasteiger partial charge in [0.2, 0.25) is 0 Å². The van der Waals surface area contributed by atoms with E-state index in [1.54, 1.807) is 6.92 Å². The van der Waals surface area contributed by atoms with Crippen molar-refractivity contribution >= 4 is 7.82 Å². The normalized spacial score (nSPS) is 15.5. The topological polar surface area (TPSA) is 55.8 Å². The molecule has 0 aromatic carbocycles. The monoisotopic (exact) mass is 350 g/mol. The van der Waals surface area contributed by atoms with Crippen molar-refractivity contribution in [1.29, 1.82) is 0 Å². The van der Waals surface area contributed by atoms with Crippen LogP contribution in [-0.4, -0.2) is 18.1 Å². The van der Waals surface area contributed by atoms with Gasteiger partial charge in [-0.25, -0.2) is 4.57 Å². The van der Waals surface area contributed by atoms with Crippen LogP contribution in [-0.2, 0) is 13.6 Å². The fraction of sp³-hybridized carbons (Fsp3) is 1.00. The molecule has 23 heavy (non-hydrogen) atoms. The fourth-order valence-corrected chi connectivity index (χ4v) is 3.58. The summed E-state index contributed by atoms with van der Waals surface area (Å²) in [5, 5.41) is 0. The second-order valence-corrected chi connectivity index (χ2v) is 7.91. The Kier molecular flexibility index (Phi) is 15.7. The molecule has 1 N–H and O–H groups in total. The molecule has 2 unspecified atom stereocenters. The van der Waals surface area contributed by atoms with Crippen molar-refractivity contribution in [2.75, 3.05) is 13.2 Å². The van der Waals surface area contributed by atoms with Crippen LogP contribution < -0.4 is 0 Å². The molecule has 0 bridgehead atoms. The third-order valence-electron chi connectivity index (χ3n) is 4.20. The highest BCUT2D eigenvalue weighted by molar-refractivity contribution is 7.47. The summed E-state index contributed by atoms with van der Waals surface area (Å²) in [6.07, 6.45) is 14.8. The first kappa shape index (κ1) is 23.1. The SMILES string of the molecule is CCCCCCCCC(CCCCCC)COP(=O)(O)OCC. The van der Waals surface area contributed by atoms with E-state index in [0.717, 1.165) is 12.8 Å². The van der Waals surface area contributed by atoms with Crippen LogP contribution in [0.1, 0.15) is 97.8 Å².